The average molecular weight is 313 g/mol. The van der Waals surface area contributed by atoms with Gasteiger partial charge in [-0.1, -0.05) is 23.7 Å². The van der Waals surface area contributed by atoms with Crippen molar-refractivity contribution in [1.29, 1.82) is 0 Å². The van der Waals surface area contributed by atoms with Crippen molar-refractivity contribution >= 4 is 28.8 Å². The second-order valence-corrected chi connectivity index (χ2v) is 6.01. The van der Waals surface area contributed by atoms with Crippen molar-refractivity contribution in [1.82, 2.24) is 5.32 Å². The van der Waals surface area contributed by atoms with Gasteiger partial charge in [0.25, 0.3) is 5.91 Å². The van der Waals surface area contributed by atoms with Crippen molar-refractivity contribution in [2.75, 3.05) is 0 Å². The van der Waals surface area contributed by atoms with Crippen molar-refractivity contribution in [3.8, 4) is 0 Å². The summed E-state index contributed by atoms with van der Waals surface area (Å²) in [6.45, 7) is 2.27. The van der Waals surface area contributed by atoms with Crippen LogP contribution in [0.4, 0.5) is 4.39 Å². The van der Waals surface area contributed by atoms with E-state index >= 15 is 0 Å². The molecule has 0 saturated carbocycles. The molecule has 0 radical (unpaired) electrons. The summed E-state index contributed by atoms with van der Waals surface area (Å²) in [6.07, 6.45) is 0. The number of aryl methyl sites for hydroxylation is 1. The zero-order valence-electron chi connectivity index (χ0n) is 10.9. The number of hydrogen-bond acceptors (Lipinski definition) is 3. The van der Waals surface area contributed by atoms with Crippen molar-refractivity contribution in [3.63, 3.8) is 0 Å². The third-order valence-electron chi connectivity index (χ3n) is 2.81. The summed E-state index contributed by atoms with van der Waals surface area (Å²) in [4.78, 5) is 13.4. The minimum Gasteiger partial charge on any atom is -0.347 e. The maximum absolute atomic E-state index is 13.7. The van der Waals surface area contributed by atoms with Gasteiger partial charge in [-0.2, -0.15) is 0 Å². The molecule has 0 aliphatic rings. The highest BCUT2D eigenvalue weighted by Gasteiger charge is 2.14. The number of rotatable bonds is 4. The molecule has 6 heteroatoms. The fraction of sp³-hybridized carbons (Fsp3) is 0.214. The number of nitrogens with one attached hydrogen (secondary N) is 1. The fourth-order valence-electron chi connectivity index (χ4n) is 1.75. The van der Waals surface area contributed by atoms with Crippen LogP contribution in [0.1, 0.15) is 25.7 Å². The molecule has 0 saturated heterocycles. The maximum Gasteiger partial charge on any atom is 0.263 e. The van der Waals surface area contributed by atoms with Crippen LogP contribution in [0.15, 0.2) is 24.3 Å². The lowest BCUT2D eigenvalue weighted by Gasteiger charge is -2.07. The first kappa shape index (κ1) is 15.0. The lowest BCUT2D eigenvalue weighted by molar-refractivity contribution is 0.0955. The molecule has 0 fully saturated rings. The molecule has 0 spiro atoms. The number of thiophene rings is 1. The van der Waals surface area contributed by atoms with Crippen molar-refractivity contribution in [3.05, 3.63) is 56.0 Å². The smallest absolute Gasteiger partial charge is 0.263 e. The minimum absolute atomic E-state index is 0.114. The summed E-state index contributed by atoms with van der Waals surface area (Å²) in [5.74, 6) is -0.669. The Bertz CT molecular complexity index is 642. The lowest BCUT2D eigenvalue weighted by Crippen LogP contribution is -2.22. The van der Waals surface area contributed by atoms with E-state index in [1.54, 1.807) is 18.2 Å². The summed E-state index contributed by atoms with van der Waals surface area (Å²) in [7, 11) is 0. The normalized spacial score (nSPS) is 10.6. The molecule has 0 aliphatic carbocycles. The van der Waals surface area contributed by atoms with E-state index in [4.69, 9.17) is 17.3 Å². The molecule has 0 bridgehead atoms. The van der Waals surface area contributed by atoms with Gasteiger partial charge in [-0.05, 0) is 24.6 Å². The molecular weight excluding hydrogens is 299 g/mol. The monoisotopic (exact) mass is 312 g/mol. The van der Waals surface area contributed by atoms with E-state index in [0.29, 0.717) is 15.5 Å². The second kappa shape index (κ2) is 6.35. The van der Waals surface area contributed by atoms with E-state index in [9.17, 15) is 9.18 Å². The zero-order valence-corrected chi connectivity index (χ0v) is 12.4. The summed E-state index contributed by atoms with van der Waals surface area (Å²) in [5.41, 5.74) is 6.57. The molecule has 20 heavy (non-hydrogen) atoms. The third kappa shape index (κ3) is 3.36. The highest BCUT2D eigenvalue weighted by Crippen LogP contribution is 2.26. The Labute approximate surface area is 125 Å². The Hall–Kier alpha value is -1.43. The van der Waals surface area contributed by atoms with Gasteiger partial charge in [-0.15, -0.1) is 11.3 Å². The van der Waals surface area contributed by atoms with Crippen LogP contribution >= 0.6 is 22.9 Å². The van der Waals surface area contributed by atoms with Crippen LogP contribution in [0.25, 0.3) is 0 Å². The van der Waals surface area contributed by atoms with E-state index in [0.717, 1.165) is 10.4 Å². The standard InChI is InChI=1S/C14H14ClFN2OS/c1-8-4-11(15)13(20-8)14(19)18-7-10-3-2-9(6-17)5-12(10)16/h2-5H,6-7,17H2,1H3,(H,18,19). The molecular formula is C14H14ClFN2OS. The number of hydrogen-bond donors (Lipinski definition) is 2. The number of carbonyl (C=O) groups excluding carboxylic acids is 1. The Morgan fingerprint density at radius 3 is 2.75 bits per heavy atom. The maximum atomic E-state index is 13.7. The van der Waals surface area contributed by atoms with E-state index in [1.165, 1.54) is 17.4 Å². The Kier molecular flexibility index (Phi) is 4.75. The van der Waals surface area contributed by atoms with Gasteiger partial charge in [0.15, 0.2) is 0 Å². The van der Waals surface area contributed by atoms with Crippen molar-refractivity contribution in [2.24, 2.45) is 5.73 Å². The topological polar surface area (TPSA) is 55.1 Å². The molecule has 1 aromatic heterocycles. The van der Waals surface area contributed by atoms with Gasteiger partial charge in [-0.25, -0.2) is 4.39 Å². The number of amides is 1. The first-order valence-electron chi connectivity index (χ1n) is 6.02. The number of halogens is 2. The third-order valence-corrected chi connectivity index (χ3v) is 4.27. The van der Waals surface area contributed by atoms with Crippen molar-refractivity contribution in [2.45, 2.75) is 20.0 Å². The van der Waals surface area contributed by atoms with Gasteiger partial charge >= 0.3 is 0 Å². The van der Waals surface area contributed by atoms with Gasteiger partial charge in [0.1, 0.15) is 10.7 Å². The number of nitrogens with two attached hydrogens (primary N) is 1. The molecule has 0 atom stereocenters. The predicted octanol–water partition coefficient (Wildman–Crippen LogP) is 3.24. The molecule has 3 N–H and O–H groups in total. The molecule has 1 amide bonds. The van der Waals surface area contributed by atoms with Crippen LogP contribution in [0, 0.1) is 12.7 Å². The molecule has 3 nitrogen and oxygen atoms in total. The van der Waals surface area contributed by atoms with E-state index in [-0.39, 0.29) is 24.8 Å². The lowest BCUT2D eigenvalue weighted by atomic mass is 10.1. The summed E-state index contributed by atoms with van der Waals surface area (Å²) in [5, 5.41) is 3.08. The van der Waals surface area contributed by atoms with Crippen LogP contribution in [-0.4, -0.2) is 5.91 Å². The van der Waals surface area contributed by atoms with Crippen LogP contribution in [-0.2, 0) is 13.1 Å². The van der Waals surface area contributed by atoms with Gasteiger partial charge in [0, 0.05) is 23.5 Å². The van der Waals surface area contributed by atoms with E-state index in [1.807, 2.05) is 6.92 Å². The van der Waals surface area contributed by atoms with E-state index in [2.05, 4.69) is 5.32 Å². The van der Waals surface area contributed by atoms with E-state index < -0.39 is 0 Å². The zero-order chi connectivity index (χ0) is 14.7. The highest BCUT2D eigenvalue weighted by molar-refractivity contribution is 7.14. The molecule has 2 rings (SSSR count). The molecule has 0 aliphatic heterocycles. The molecule has 2 aromatic rings. The van der Waals surface area contributed by atoms with Gasteiger partial charge < -0.3 is 11.1 Å². The second-order valence-electron chi connectivity index (χ2n) is 4.35. The molecule has 1 aromatic carbocycles. The molecule has 1 heterocycles. The van der Waals surface area contributed by atoms with Crippen molar-refractivity contribution < 1.29 is 9.18 Å². The largest absolute Gasteiger partial charge is 0.347 e. The minimum atomic E-state index is -0.373. The molecule has 106 valence electrons. The van der Waals surface area contributed by atoms with Crippen LogP contribution in [0.5, 0.6) is 0 Å². The van der Waals surface area contributed by atoms with Crippen LogP contribution in [0.2, 0.25) is 5.02 Å². The highest BCUT2D eigenvalue weighted by atomic mass is 35.5. The fourth-order valence-corrected chi connectivity index (χ4v) is 3.00. The molecule has 0 unspecified atom stereocenters. The summed E-state index contributed by atoms with van der Waals surface area (Å²) < 4.78 is 13.7. The van der Waals surface area contributed by atoms with Gasteiger partial charge in [-0.3, -0.25) is 4.79 Å². The predicted molar refractivity (Wildman–Crippen MR) is 79.5 cm³/mol. The SMILES string of the molecule is Cc1cc(Cl)c(C(=O)NCc2ccc(CN)cc2F)s1. The Morgan fingerprint density at radius 1 is 1.45 bits per heavy atom. The Morgan fingerprint density at radius 2 is 2.20 bits per heavy atom. The van der Waals surface area contributed by atoms with Crippen LogP contribution < -0.4 is 11.1 Å². The summed E-state index contributed by atoms with van der Waals surface area (Å²) in [6, 6.07) is 6.48. The number of carbonyl (C=O) groups is 1. The van der Waals surface area contributed by atoms with Gasteiger partial charge in [0.2, 0.25) is 0 Å². The summed E-state index contributed by atoms with van der Waals surface area (Å²) >= 11 is 7.27. The van der Waals surface area contributed by atoms with Crippen LogP contribution in [0.3, 0.4) is 0 Å². The first-order valence-corrected chi connectivity index (χ1v) is 7.22. The van der Waals surface area contributed by atoms with Gasteiger partial charge in [0.05, 0.1) is 5.02 Å². The Balaban J connectivity index is 2.05. The number of benzene rings is 1. The first-order chi connectivity index (χ1) is 9.51. The quantitative estimate of drug-likeness (QED) is 0.910. The average Bonchev–Trinajstić information content (AvgIpc) is 2.76.